The third-order valence-corrected chi connectivity index (χ3v) is 3.85. The largest absolute Gasteiger partial charge is 0.455 e. The number of carbonyl (C=O) groups excluding carboxylic acids is 2. The molecule has 1 aromatic carbocycles. The zero-order valence-corrected chi connectivity index (χ0v) is 13.1. The molecule has 0 aliphatic heterocycles. The molecule has 23 heavy (non-hydrogen) atoms. The first-order chi connectivity index (χ1) is 11.0. The number of esters is 1. The number of nitro benzene ring substituents is 1. The van der Waals surface area contributed by atoms with Crippen molar-refractivity contribution in [2.75, 3.05) is 11.9 Å². The number of nitro groups is 1. The third-order valence-electron chi connectivity index (χ3n) is 2.97. The van der Waals surface area contributed by atoms with Crippen LogP contribution >= 0.6 is 11.3 Å². The van der Waals surface area contributed by atoms with Crippen molar-refractivity contribution in [3.63, 3.8) is 0 Å². The Hall–Kier alpha value is -2.74. The average molecular weight is 334 g/mol. The van der Waals surface area contributed by atoms with E-state index in [1.807, 2.05) is 11.4 Å². The Bertz CT molecular complexity index is 727. The molecule has 8 heteroatoms. The molecule has 2 aromatic rings. The van der Waals surface area contributed by atoms with Crippen LogP contribution in [0.15, 0.2) is 35.7 Å². The number of amides is 1. The summed E-state index contributed by atoms with van der Waals surface area (Å²) in [6, 6.07) is 7.78. The Kier molecular flexibility index (Phi) is 5.42. The summed E-state index contributed by atoms with van der Waals surface area (Å²) in [5, 5.41) is 15.1. The molecular formula is C15H14N2O5S. The molecule has 0 saturated carbocycles. The second-order valence-corrected chi connectivity index (χ2v) is 5.75. The van der Waals surface area contributed by atoms with E-state index < -0.39 is 23.4 Å². The lowest BCUT2D eigenvalue weighted by molar-refractivity contribution is -0.384. The molecule has 0 aliphatic carbocycles. The normalized spacial score (nSPS) is 10.1. The van der Waals surface area contributed by atoms with Crippen LogP contribution in [0.25, 0.3) is 0 Å². The van der Waals surface area contributed by atoms with E-state index >= 15 is 0 Å². The maximum absolute atomic E-state index is 11.8. The lowest BCUT2D eigenvalue weighted by atomic mass is 10.2. The Morgan fingerprint density at radius 1 is 1.35 bits per heavy atom. The molecular weight excluding hydrogens is 320 g/mol. The number of ether oxygens (including phenoxy) is 1. The molecule has 0 radical (unpaired) electrons. The SMILES string of the molecule is Cc1ccc([N+](=O)[O-])cc1NC(=O)COC(=O)Cc1cccs1. The highest BCUT2D eigenvalue weighted by Crippen LogP contribution is 2.21. The fourth-order valence-corrected chi connectivity index (χ4v) is 2.49. The Labute approximate surface area is 136 Å². The van der Waals surface area contributed by atoms with E-state index in [2.05, 4.69) is 5.32 Å². The molecule has 1 N–H and O–H groups in total. The standard InChI is InChI=1S/C15H14N2O5S/c1-10-4-5-11(17(20)21)7-13(10)16-14(18)9-22-15(19)8-12-3-2-6-23-12/h2-7H,8-9H2,1H3,(H,16,18). The number of rotatable bonds is 6. The molecule has 0 atom stereocenters. The molecule has 1 aromatic heterocycles. The van der Waals surface area contributed by atoms with Crippen LogP contribution in [-0.4, -0.2) is 23.4 Å². The van der Waals surface area contributed by atoms with Crippen LogP contribution < -0.4 is 5.32 Å². The second kappa shape index (κ2) is 7.50. The lowest BCUT2D eigenvalue weighted by Gasteiger charge is -2.08. The number of hydrogen-bond acceptors (Lipinski definition) is 6. The molecule has 0 unspecified atom stereocenters. The van der Waals surface area contributed by atoms with Gasteiger partial charge < -0.3 is 10.1 Å². The number of carbonyl (C=O) groups is 2. The van der Waals surface area contributed by atoms with Crippen molar-refractivity contribution in [1.82, 2.24) is 0 Å². The van der Waals surface area contributed by atoms with Gasteiger partial charge in [0.05, 0.1) is 17.0 Å². The van der Waals surface area contributed by atoms with Gasteiger partial charge in [-0.25, -0.2) is 0 Å². The fourth-order valence-electron chi connectivity index (χ4n) is 1.80. The van der Waals surface area contributed by atoms with Crippen LogP contribution in [0, 0.1) is 17.0 Å². The van der Waals surface area contributed by atoms with Gasteiger partial charge in [-0.05, 0) is 23.9 Å². The van der Waals surface area contributed by atoms with Crippen molar-refractivity contribution in [1.29, 1.82) is 0 Å². The highest BCUT2D eigenvalue weighted by Gasteiger charge is 2.13. The molecule has 0 saturated heterocycles. The number of anilines is 1. The van der Waals surface area contributed by atoms with Gasteiger partial charge in [0.25, 0.3) is 11.6 Å². The molecule has 0 bridgehead atoms. The van der Waals surface area contributed by atoms with E-state index in [1.165, 1.54) is 29.5 Å². The predicted octanol–water partition coefficient (Wildman–Crippen LogP) is 2.69. The summed E-state index contributed by atoms with van der Waals surface area (Å²) in [7, 11) is 0. The summed E-state index contributed by atoms with van der Waals surface area (Å²) in [4.78, 5) is 34.4. The van der Waals surface area contributed by atoms with E-state index in [0.29, 0.717) is 11.3 Å². The third kappa shape index (κ3) is 4.89. The van der Waals surface area contributed by atoms with Crippen molar-refractivity contribution in [3.05, 3.63) is 56.3 Å². The Balaban J connectivity index is 1.88. The number of nitrogens with one attached hydrogen (secondary N) is 1. The summed E-state index contributed by atoms with van der Waals surface area (Å²) in [6.45, 7) is 1.27. The van der Waals surface area contributed by atoms with Gasteiger partial charge in [-0.2, -0.15) is 0 Å². The Morgan fingerprint density at radius 2 is 2.13 bits per heavy atom. The van der Waals surface area contributed by atoms with Gasteiger partial charge in [0.2, 0.25) is 0 Å². The van der Waals surface area contributed by atoms with Crippen molar-refractivity contribution in [2.24, 2.45) is 0 Å². The summed E-state index contributed by atoms with van der Waals surface area (Å²) in [5.41, 5.74) is 0.868. The summed E-state index contributed by atoms with van der Waals surface area (Å²) >= 11 is 1.43. The maximum Gasteiger partial charge on any atom is 0.311 e. The predicted molar refractivity (Wildman–Crippen MR) is 85.4 cm³/mol. The highest BCUT2D eigenvalue weighted by molar-refractivity contribution is 7.10. The average Bonchev–Trinajstić information content (AvgIpc) is 3.00. The summed E-state index contributed by atoms with van der Waals surface area (Å²) in [5.74, 6) is -1.05. The van der Waals surface area contributed by atoms with Crippen LogP contribution in [0.3, 0.4) is 0 Å². The van der Waals surface area contributed by atoms with Gasteiger partial charge >= 0.3 is 5.97 Å². The van der Waals surface area contributed by atoms with Gasteiger partial charge in [0.15, 0.2) is 6.61 Å². The molecule has 0 fully saturated rings. The molecule has 1 amide bonds. The van der Waals surface area contributed by atoms with E-state index in [0.717, 1.165) is 4.88 Å². The monoisotopic (exact) mass is 334 g/mol. The highest BCUT2D eigenvalue weighted by atomic mass is 32.1. The summed E-state index contributed by atoms with van der Waals surface area (Å²) < 4.78 is 4.89. The molecule has 0 aliphatic rings. The van der Waals surface area contributed by atoms with E-state index in [4.69, 9.17) is 4.74 Å². The zero-order valence-electron chi connectivity index (χ0n) is 12.3. The minimum atomic E-state index is -0.548. The van der Waals surface area contributed by atoms with Crippen LogP contribution in [0.2, 0.25) is 0 Å². The fraction of sp³-hybridized carbons (Fsp3) is 0.200. The summed E-state index contributed by atoms with van der Waals surface area (Å²) in [6.07, 6.45) is 0.112. The van der Waals surface area contributed by atoms with Gasteiger partial charge in [-0.15, -0.1) is 11.3 Å². The van der Waals surface area contributed by atoms with Crippen LogP contribution in [0.4, 0.5) is 11.4 Å². The first-order valence-electron chi connectivity index (χ1n) is 6.68. The zero-order chi connectivity index (χ0) is 16.8. The number of thiophene rings is 1. The lowest BCUT2D eigenvalue weighted by Crippen LogP contribution is -2.22. The second-order valence-electron chi connectivity index (χ2n) is 4.72. The van der Waals surface area contributed by atoms with E-state index in [-0.39, 0.29) is 12.1 Å². The van der Waals surface area contributed by atoms with Crippen molar-refractivity contribution >= 4 is 34.6 Å². The van der Waals surface area contributed by atoms with Gasteiger partial charge in [-0.1, -0.05) is 12.1 Å². The molecule has 120 valence electrons. The molecule has 1 heterocycles. The topological polar surface area (TPSA) is 98.5 Å². The number of aryl methyl sites for hydroxylation is 1. The Morgan fingerprint density at radius 3 is 2.78 bits per heavy atom. The number of hydrogen-bond donors (Lipinski definition) is 1. The van der Waals surface area contributed by atoms with Crippen LogP contribution in [-0.2, 0) is 20.7 Å². The minimum Gasteiger partial charge on any atom is -0.455 e. The van der Waals surface area contributed by atoms with Gasteiger partial charge in [-0.3, -0.25) is 19.7 Å². The number of nitrogens with zero attached hydrogens (tertiary/aromatic N) is 1. The first-order valence-corrected chi connectivity index (χ1v) is 7.56. The van der Waals surface area contributed by atoms with Crippen LogP contribution in [0.1, 0.15) is 10.4 Å². The first kappa shape index (κ1) is 16.6. The molecule has 7 nitrogen and oxygen atoms in total. The van der Waals surface area contributed by atoms with E-state index in [9.17, 15) is 19.7 Å². The van der Waals surface area contributed by atoms with Crippen molar-refractivity contribution in [3.8, 4) is 0 Å². The van der Waals surface area contributed by atoms with Crippen molar-refractivity contribution in [2.45, 2.75) is 13.3 Å². The minimum absolute atomic E-state index is 0.112. The maximum atomic E-state index is 11.8. The van der Waals surface area contributed by atoms with E-state index in [1.54, 1.807) is 13.0 Å². The van der Waals surface area contributed by atoms with Crippen LogP contribution in [0.5, 0.6) is 0 Å². The van der Waals surface area contributed by atoms with Gasteiger partial charge in [0, 0.05) is 17.0 Å². The van der Waals surface area contributed by atoms with Crippen molar-refractivity contribution < 1.29 is 19.2 Å². The van der Waals surface area contributed by atoms with Gasteiger partial charge in [0.1, 0.15) is 0 Å². The molecule has 2 rings (SSSR count). The quantitative estimate of drug-likeness (QED) is 0.497. The smallest absolute Gasteiger partial charge is 0.311 e. The number of non-ortho nitro benzene ring substituents is 1. The molecule has 0 spiro atoms. The number of benzene rings is 1.